The molecule has 6 heteroatoms. The number of benzene rings is 1. The Bertz CT molecular complexity index is 767. The minimum atomic E-state index is -0.516. The summed E-state index contributed by atoms with van der Waals surface area (Å²) in [5.41, 5.74) is 7.93. The number of aromatic amines is 1. The van der Waals surface area contributed by atoms with Gasteiger partial charge in [0.05, 0.1) is 27.3 Å². The van der Waals surface area contributed by atoms with Crippen LogP contribution in [0.15, 0.2) is 41.0 Å². The van der Waals surface area contributed by atoms with Crippen molar-refractivity contribution in [3.05, 3.63) is 46.6 Å². The number of nitrogens with zero attached hydrogens (tertiary/aromatic N) is 2. The average molecular weight is 317 g/mol. The molecule has 5 nitrogen and oxygen atoms in total. The van der Waals surface area contributed by atoms with Crippen LogP contribution in [0.1, 0.15) is 10.4 Å². The van der Waals surface area contributed by atoms with E-state index in [1.165, 1.54) is 0 Å². The monoisotopic (exact) mass is 316 g/mol. The van der Waals surface area contributed by atoms with E-state index < -0.39 is 5.91 Å². The number of nitrogens with two attached hydrogens (primary N) is 1. The Kier molecular flexibility index (Phi) is 2.79. The third-order valence-electron chi connectivity index (χ3n) is 2.83. The molecule has 0 bridgehead atoms. The van der Waals surface area contributed by atoms with Gasteiger partial charge in [-0.05, 0) is 15.9 Å². The third-order valence-corrected chi connectivity index (χ3v) is 3.61. The summed E-state index contributed by atoms with van der Waals surface area (Å²) in [6.07, 6.45) is 1.54. The van der Waals surface area contributed by atoms with E-state index >= 15 is 0 Å². The maximum Gasteiger partial charge on any atom is 0.250 e. The van der Waals surface area contributed by atoms with Gasteiger partial charge in [0.2, 0.25) is 0 Å². The molecule has 1 aromatic carbocycles. The minimum absolute atomic E-state index is 0.387. The summed E-state index contributed by atoms with van der Waals surface area (Å²) in [5, 5.41) is 7.28. The molecule has 0 atom stereocenters. The second kappa shape index (κ2) is 4.47. The molecule has 0 aliphatic carbocycles. The molecule has 0 saturated carbocycles. The quantitative estimate of drug-likeness (QED) is 0.761. The summed E-state index contributed by atoms with van der Waals surface area (Å²) < 4.78 is 0.583. The molecular formula is C13H9BrN4O. The lowest BCUT2D eigenvalue weighted by Crippen LogP contribution is -2.13. The zero-order chi connectivity index (χ0) is 13.4. The van der Waals surface area contributed by atoms with E-state index in [0.717, 1.165) is 5.56 Å². The molecule has 0 fully saturated rings. The number of pyridine rings is 1. The number of carbonyl (C=O) groups excluding carboxylic acids is 1. The van der Waals surface area contributed by atoms with Crippen molar-refractivity contribution in [2.24, 2.45) is 5.73 Å². The number of aromatic nitrogens is 3. The molecule has 3 N–H and O–H groups in total. The van der Waals surface area contributed by atoms with Crippen LogP contribution in [0, 0.1) is 0 Å². The van der Waals surface area contributed by atoms with Crippen LogP contribution in [0.4, 0.5) is 0 Å². The second-order valence-electron chi connectivity index (χ2n) is 4.01. The maximum absolute atomic E-state index is 11.6. The summed E-state index contributed by atoms with van der Waals surface area (Å²) in [6, 6.07) is 9.57. The van der Waals surface area contributed by atoms with Gasteiger partial charge in [0.25, 0.3) is 5.91 Å². The van der Waals surface area contributed by atoms with Crippen LogP contribution in [-0.4, -0.2) is 21.1 Å². The van der Waals surface area contributed by atoms with Crippen LogP contribution in [0.3, 0.4) is 0 Å². The van der Waals surface area contributed by atoms with Crippen molar-refractivity contribution < 1.29 is 4.79 Å². The van der Waals surface area contributed by atoms with E-state index in [0.29, 0.717) is 26.8 Å². The standard InChI is InChI=1S/C13H9BrN4O/c14-10-9(12(15)19)8-6-16-18-13(8)17-11(10)7-4-2-1-3-5-7/h1-6H,(H2,15,19)(H,16,17,18). The summed E-state index contributed by atoms with van der Waals surface area (Å²) in [4.78, 5) is 16.1. The topological polar surface area (TPSA) is 84.7 Å². The van der Waals surface area contributed by atoms with Gasteiger partial charge in [0.15, 0.2) is 5.65 Å². The van der Waals surface area contributed by atoms with Gasteiger partial charge in [-0.1, -0.05) is 30.3 Å². The number of hydrogen-bond acceptors (Lipinski definition) is 3. The highest BCUT2D eigenvalue weighted by molar-refractivity contribution is 9.10. The van der Waals surface area contributed by atoms with Gasteiger partial charge < -0.3 is 5.73 Å². The van der Waals surface area contributed by atoms with E-state index in [1.807, 2.05) is 30.3 Å². The van der Waals surface area contributed by atoms with Crippen LogP contribution in [0.25, 0.3) is 22.3 Å². The first kappa shape index (κ1) is 11.9. The van der Waals surface area contributed by atoms with E-state index in [-0.39, 0.29) is 0 Å². The molecule has 0 unspecified atom stereocenters. The summed E-state index contributed by atoms with van der Waals surface area (Å²) >= 11 is 3.42. The molecule has 0 aliphatic heterocycles. The molecule has 2 aromatic heterocycles. The number of hydrogen-bond donors (Lipinski definition) is 2. The molecule has 3 aromatic rings. The van der Waals surface area contributed by atoms with Crippen molar-refractivity contribution in [2.75, 3.05) is 0 Å². The van der Waals surface area contributed by atoms with Crippen LogP contribution in [0.5, 0.6) is 0 Å². The Morgan fingerprint density at radius 2 is 2.00 bits per heavy atom. The lowest BCUT2D eigenvalue weighted by atomic mass is 10.1. The summed E-state index contributed by atoms with van der Waals surface area (Å²) in [7, 11) is 0. The number of fused-ring (bicyclic) bond motifs is 1. The number of carbonyl (C=O) groups is 1. The van der Waals surface area contributed by atoms with Crippen molar-refractivity contribution in [3.63, 3.8) is 0 Å². The zero-order valence-corrected chi connectivity index (χ0v) is 11.3. The van der Waals surface area contributed by atoms with Gasteiger partial charge in [-0.2, -0.15) is 5.10 Å². The number of halogens is 1. The molecule has 0 aliphatic rings. The lowest BCUT2D eigenvalue weighted by Gasteiger charge is -2.08. The Labute approximate surface area is 117 Å². The molecule has 19 heavy (non-hydrogen) atoms. The predicted octanol–water partition coefficient (Wildman–Crippen LogP) is 2.49. The van der Waals surface area contributed by atoms with Gasteiger partial charge in [-0.25, -0.2) is 4.98 Å². The molecule has 0 saturated heterocycles. The van der Waals surface area contributed by atoms with Gasteiger partial charge >= 0.3 is 0 Å². The Hall–Kier alpha value is -2.21. The first-order chi connectivity index (χ1) is 9.18. The van der Waals surface area contributed by atoms with E-state index in [1.54, 1.807) is 6.20 Å². The van der Waals surface area contributed by atoms with Crippen LogP contribution in [0.2, 0.25) is 0 Å². The van der Waals surface area contributed by atoms with Crippen LogP contribution < -0.4 is 5.73 Å². The normalized spacial score (nSPS) is 10.8. The highest BCUT2D eigenvalue weighted by Crippen LogP contribution is 2.33. The van der Waals surface area contributed by atoms with Gasteiger partial charge in [0.1, 0.15) is 0 Å². The maximum atomic E-state index is 11.6. The van der Waals surface area contributed by atoms with E-state index in [9.17, 15) is 4.79 Å². The smallest absolute Gasteiger partial charge is 0.250 e. The van der Waals surface area contributed by atoms with Crippen molar-refractivity contribution in [3.8, 4) is 11.3 Å². The molecule has 3 rings (SSSR count). The number of H-pyrrole nitrogens is 1. The Morgan fingerprint density at radius 1 is 1.26 bits per heavy atom. The van der Waals surface area contributed by atoms with E-state index in [4.69, 9.17) is 5.73 Å². The second-order valence-corrected chi connectivity index (χ2v) is 4.80. The Balaban J connectivity index is 2.38. The van der Waals surface area contributed by atoms with Crippen LogP contribution >= 0.6 is 15.9 Å². The van der Waals surface area contributed by atoms with Gasteiger partial charge in [-0.3, -0.25) is 9.89 Å². The zero-order valence-electron chi connectivity index (χ0n) is 9.72. The number of primary amides is 1. The molecule has 2 heterocycles. The fourth-order valence-electron chi connectivity index (χ4n) is 1.97. The van der Waals surface area contributed by atoms with Gasteiger partial charge in [0, 0.05) is 5.56 Å². The largest absolute Gasteiger partial charge is 0.366 e. The van der Waals surface area contributed by atoms with E-state index in [2.05, 4.69) is 31.1 Å². The first-order valence-corrected chi connectivity index (χ1v) is 6.35. The van der Waals surface area contributed by atoms with Crippen molar-refractivity contribution in [1.29, 1.82) is 0 Å². The predicted molar refractivity (Wildman–Crippen MR) is 75.5 cm³/mol. The minimum Gasteiger partial charge on any atom is -0.366 e. The van der Waals surface area contributed by atoms with Crippen molar-refractivity contribution in [2.45, 2.75) is 0 Å². The molecule has 0 spiro atoms. The number of amides is 1. The molecule has 0 radical (unpaired) electrons. The van der Waals surface area contributed by atoms with Gasteiger partial charge in [-0.15, -0.1) is 0 Å². The molecule has 1 amide bonds. The highest BCUT2D eigenvalue weighted by atomic mass is 79.9. The highest BCUT2D eigenvalue weighted by Gasteiger charge is 2.19. The Morgan fingerprint density at radius 3 is 2.68 bits per heavy atom. The first-order valence-electron chi connectivity index (χ1n) is 5.56. The fourth-order valence-corrected chi connectivity index (χ4v) is 2.70. The number of rotatable bonds is 2. The molecule has 94 valence electrons. The summed E-state index contributed by atoms with van der Waals surface area (Å²) in [5.74, 6) is -0.516. The van der Waals surface area contributed by atoms with Crippen molar-refractivity contribution >= 4 is 32.9 Å². The lowest BCUT2D eigenvalue weighted by molar-refractivity contribution is 0.100. The summed E-state index contributed by atoms with van der Waals surface area (Å²) in [6.45, 7) is 0. The number of nitrogens with one attached hydrogen (secondary N) is 1. The fraction of sp³-hybridized carbons (Fsp3) is 0. The van der Waals surface area contributed by atoms with Crippen LogP contribution in [-0.2, 0) is 0 Å². The average Bonchev–Trinajstić information content (AvgIpc) is 2.86. The molecular weight excluding hydrogens is 308 g/mol. The SMILES string of the molecule is NC(=O)c1c(Br)c(-c2ccccc2)nc2[nH]ncc12. The third kappa shape index (κ3) is 1.90. The van der Waals surface area contributed by atoms with Crippen molar-refractivity contribution in [1.82, 2.24) is 15.2 Å².